The Morgan fingerprint density at radius 3 is 2.76 bits per heavy atom. The second kappa shape index (κ2) is 5.34. The molecule has 8 heteroatoms. The van der Waals surface area contributed by atoms with E-state index in [1.54, 1.807) is 0 Å². The number of hydrogen-bond acceptors (Lipinski definition) is 6. The van der Waals surface area contributed by atoms with Crippen LogP contribution in [0.25, 0.3) is 0 Å². The van der Waals surface area contributed by atoms with E-state index in [4.69, 9.17) is 5.26 Å². The number of hydrogen-bond donors (Lipinski definition) is 0. The minimum atomic E-state index is -0.535. The van der Waals surface area contributed by atoms with Crippen molar-refractivity contribution >= 4 is 6.03 Å². The van der Waals surface area contributed by atoms with Crippen LogP contribution in [-0.2, 0) is 6.42 Å². The smallest absolute Gasteiger partial charge is 0.243 e. The fraction of sp³-hybridized carbons (Fsp3) is 0.0769. The summed E-state index contributed by atoms with van der Waals surface area (Å²) < 4.78 is 2.10. The van der Waals surface area contributed by atoms with Gasteiger partial charge in [-0.25, -0.2) is 14.8 Å². The first-order chi connectivity index (χ1) is 10.3. The molecular weight excluding hydrogens is 270 g/mol. The molecule has 0 bridgehead atoms. The van der Waals surface area contributed by atoms with Crippen LogP contribution in [0.3, 0.4) is 0 Å². The molecule has 21 heavy (non-hydrogen) atoms. The lowest BCUT2D eigenvalue weighted by atomic mass is 10.1. The first-order valence-corrected chi connectivity index (χ1v) is 6.07. The van der Waals surface area contributed by atoms with Crippen molar-refractivity contribution in [1.29, 1.82) is 5.26 Å². The molecule has 0 aliphatic rings. The normalized spacial score (nSPS) is 10.2. The van der Waals surface area contributed by atoms with Crippen molar-refractivity contribution in [3.05, 3.63) is 60.2 Å². The summed E-state index contributed by atoms with van der Waals surface area (Å²) in [6.45, 7) is 0. The molecule has 0 fully saturated rings. The van der Waals surface area contributed by atoms with Crippen molar-refractivity contribution in [1.82, 2.24) is 29.5 Å². The van der Waals surface area contributed by atoms with Gasteiger partial charge in [-0.15, -0.1) is 5.10 Å². The quantitative estimate of drug-likeness (QED) is 0.689. The number of carbonyl (C=O) groups excluding carboxylic acids is 1. The summed E-state index contributed by atoms with van der Waals surface area (Å²) in [6.07, 6.45) is 2.90. The Morgan fingerprint density at radius 2 is 2.10 bits per heavy atom. The van der Waals surface area contributed by atoms with E-state index in [0.29, 0.717) is 12.2 Å². The van der Waals surface area contributed by atoms with Gasteiger partial charge in [-0.1, -0.05) is 30.3 Å². The molecule has 3 aromatic rings. The summed E-state index contributed by atoms with van der Waals surface area (Å²) in [5.74, 6) is 0.313. The molecular formula is C13H9N7O. The minimum absolute atomic E-state index is 0.0607. The van der Waals surface area contributed by atoms with Crippen LogP contribution >= 0.6 is 0 Å². The number of benzene rings is 1. The van der Waals surface area contributed by atoms with Crippen LogP contribution in [0.2, 0.25) is 0 Å². The maximum Gasteiger partial charge on any atom is 0.372 e. The van der Waals surface area contributed by atoms with E-state index in [2.05, 4.69) is 20.2 Å². The van der Waals surface area contributed by atoms with Gasteiger partial charge in [-0.05, 0) is 5.56 Å². The van der Waals surface area contributed by atoms with Gasteiger partial charge >= 0.3 is 6.03 Å². The largest absolute Gasteiger partial charge is 0.372 e. The Morgan fingerprint density at radius 1 is 1.29 bits per heavy atom. The number of aromatic nitrogens is 6. The molecule has 0 radical (unpaired) electrons. The van der Waals surface area contributed by atoms with Gasteiger partial charge in [0.15, 0.2) is 0 Å². The second-order valence-corrected chi connectivity index (χ2v) is 4.16. The molecule has 2 aromatic heterocycles. The third kappa shape index (κ3) is 2.52. The first kappa shape index (κ1) is 12.7. The Kier molecular flexibility index (Phi) is 3.22. The molecule has 0 N–H and O–H groups in total. The van der Waals surface area contributed by atoms with E-state index in [9.17, 15) is 4.79 Å². The van der Waals surface area contributed by atoms with Crippen LogP contribution in [0, 0.1) is 11.3 Å². The van der Waals surface area contributed by atoms with Crippen LogP contribution in [0.5, 0.6) is 0 Å². The molecule has 2 heterocycles. The third-order valence-corrected chi connectivity index (χ3v) is 2.78. The van der Waals surface area contributed by atoms with Crippen LogP contribution in [0.15, 0.2) is 43.0 Å². The van der Waals surface area contributed by atoms with E-state index in [0.717, 1.165) is 14.9 Å². The Bertz CT molecular complexity index is 799. The zero-order valence-electron chi connectivity index (χ0n) is 10.8. The summed E-state index contributed by atoms with van der Waals surface area (Å²) in [7, 11) is 0. The molecule has 0 unspecified atom stereocenters. The van der Waals surface area contributed by atoms with Gasteiger partial charge in [-0.2, -0.15) is 19.7 Å². The van der Waals surface area contributed by atoms with Gasteiger partial charge in [0.1, 0.15) is 24.5 Å². The van der Waals surface area contributed by atoms with Gasteiger partial charge in [0.05, 0.1) is 0 Å². The Labute approximate surface area is 119 Å². The van der Waals surface area contributed by atoms with E-state index >= 15 is 0 Å². The van der Waals surface area contributed by atoms with Crippen molar-refractivity contribution in [2.45, 2.75) is 6.42 Å². The van der Waals surface area contributed by atoms with Crippen LogP contribution in [0.4, 0.5) is 4.79 Å². The number of nitriles is 1. The molecule has 0 amide bonds. The fourth-order valence-corrected chi connectivity index (χ4v) is 1.84. The van der Waals surface area contributed by atoms with Crippen molar-refractivity contribution < 1.29 is 4.79 Å². The van der Waals surface area contributed by atoms with Crippen LogP contribution < -0.4 is 0 Å². The minimum Gasteiger partial charge on any atom is -0.243 e. The highest BCUT2D eigenvalue weighted by Crippen LogP contribution is 2.08. The van der Waals surface area contributed by atoms with E-state index in [1.807, 2.05) is 36.4 Å². The average molecular weight is 279 g/mol. The molecule has 8 nitrogen and oxygen atoms in total. The maximum absolute atomic E-state index is 12.3. The van der Waals surface area contributed by atoms with Crippen molar-refractivity contribution in [2.24, 2.45) is 0 Å². The molecule has 0 saturated heterocycles. The number of rotatable bonds is 2. The summed E-state index contributed by atoms with van der Waals surface area (Å²) in [5.41, 5.74) is 0.960. The highest BCUT2D eigenvalue weighted by atomic mass is 16.2. The summed E-state index contributed by atoms with van der Waals surface area (Å²) >= 11 is 0. The predicted octanol–water partition coefficient (Wildman–Crippen LogP) is 0.848. The van der Waals surface area contributed by atoms with E-state index in [-0.39, 0.29) is 5.82 Å². The second-order valence-electron chi connectivity index (χ2n) is 4.16. The third-order valence-electron chi connectivity index (χ3n) is 2.78. The van der Waals surface area contributed by atoms with Gasteiger partial charge < -0.3 is 0 Å². The first-order valence-electron chi connectivity index (χ1n) is 6.07. The maximum atomic E-state index is 12.3. The summed E-state index contributed by atoms with van der Waals surface area (Å²) in [5, 5.41) is 16.6. The molecule has 0 atom stereocenters. The molecule has 0 aliphatic carbocycles. The van der Waals surface area contributed by atoms with Crippen molar-refractivity contribution in [2.75, 3.05) is 0 Å². The van der Waals surface area contributed by atoms with Crippen LogP contribution in [0.1, 0.15) is 17.2 Å². The lowest BCUT2D eigenvalue weighted by Gasteiger charge is -2.03. The van der Waals surface area contributed by atoms with Gasteiger partial charge in [0.25, 0.3) is 5.82 Å². The van der Waals surface area contributed by atoms with Crippen LogP contribution in [-0.4, -0.2) is 35.6 Å². The molecule has 0 aliphatic heterocycles. The highest BCUT2D eigenvalue weighted by Gasteiger charge is 2.18. The zero-order valence-corrected chi connectivity index (χ0v) is 10.8. The highest BCUT2D eigenvalue weighted by molar-refractivity contribution is 5.77. The predicted molar refractivity (Wildman–Crippen MR) is 70.2 cm³/mol. The van der Waals surface area contributed by atoms with Gasteiger partial charge in [-0.3, -0.25) is 0 Å². The van der Waals surface area contributed by atoms with Gasteiger partial charge in [0.2, 0.25) is 0 Å². The molecule has 102 valence electrons. The summed E-state index contributed by atoms with van der Waals surface area (Å²) in [4.78, 5) is 20.0. The molecule has 1 aromatic carbocycles. The molecule has 3 rings (SSSR count). The monoisotopic (exact) mass is 279 g/mol. The number of nitrogens with zero attached hydrogens (tertiary/aromatic N) is 7. The van der Waals surface area contributed by atoms with E-state index in [1.165, 1.54) is 12.7 Å². The van der Waals surface area contributed by atoms with Gasteiger partial charge in [0, 0.05) is 6.42 Å². The van der Waals surface area contributed by atoms with Crippen molar-refractivity contribution in [3.63, 3.8) is 0 Å². The topological polar surface area (TPSA) is 102 Å². The Balaban J connectivity index is 1.99. The summed E-state index contributed by atoms with van der Waals surface area (Å²) in [6, 6.07) is 10.8. The molecule has 0 saturated carbocycles. The van der Waals surface area contributed by atoms with E-state index < -0.39 is 6.03 Å². The Hall–Kier alpha value is -3.34. The average Bonchev–Trinajstić information content (AvgIpc) is 3.17. The lowest BCUT2D eigenvalue weighted by molar-refractivity contribution is 0.237. The lowest BCUT2D eigenvalue weighted by Crippen LogP contribution is -2.23. The zero-order chi connectivity index (χ0) is 14.7. The standard InChI is InChI=1S/C13H9N7O/c14-7-11-17-12(6-10-4-2-1-3-5-10)20(18-11)13(21)19-9-15-8-16-19/h1-5,8-9H,6H2. The number of carbonyl (C=O) groups is 1. The fourth-order valence-electron chi connectivity index (χ4n) is 1.84. The molecule has 0 spiro atoms. The SMILES string of the molecule is N#Cc1nc(Cc2ccccc2)n(C(=O)n2cncn2)n1. The van der Waals surface area contributed by atoms with Crippen molar-refractivity contribution in [3.8, 4) is 6.07 Å².